The minimum absolute atomic E-state index is 0.0126. The lowest BCUT2D eigenvalue weighted by atomic mass is 9.86. The number of rotatable bonds is 8. The molecule has 1 aliphatic carbocycles. The summed E-state index contributed by atoms with van der Waals surface area (Å²) < 4.78 is 48.3. The van der Waals surface area contributed by atoms with Gasteiger partial charge in [-0.1, -0.05) is 6.92 Å². The summed E-state index contributed by atoms with van der Waals surface area (Å²) in [4.78, 5) is 27.7. The second-order valence-electron chi connectivity index (χ2n) is 7.80. The summed E-state index contributed by atoms with van der Waals surface area (Å²) >= 11 is 0. The number of halogens is 3. The van der Waals surface area contributed by atoms with Crippen LogP contribution in [0, 0.1) is 5.82 Å². The van der Waals surface area contributed by atoms with Crippen molar-refractivity contribution in [3.8, 4) is 5.75 Å². The minimum Gasteiger partial charge on any atom is -0.475 e. The van der Waals surface area contributed by atoms with Crippen LogP contribution in [0.3, 0.4) is 0 Å². The fourth-order valence-electron chi connectivity index (χ4n) is 3.77. The number of fused-ring (bicyclic) bond motifs is 1. The van der Waals surface area contributed by atoms with Crippen LogP contribution in [0.2, 0.25) is 0 Å². The van der Waals surface area contributed by atoms with Gasteiger partial charge in [0.05, 0.1) is 17.3 Å². The van der Waals surface area contributed by atoms with Crippen molar-refractivity contribution in [1.29, 1.82) is 0 Å². The van der Waals surface area contributed by atoms with Gasteiger partial charge in [-0.15, -0.1) is 0 Å². The van der Waals surface area contributed by atoms with E-state index >= 15 is 0 Å². The van der Waals surface area contributed by atoms with Gasteiger partial charge in [0, 0.05) is 36.2 Å². The number of nitrogens with one attached hydrogen (secondary N) is 3. The molecule has 1 aliphatic heterocycles. The third-order valence-corrected chi connectivity index (χ3v) is 5.55. The predicted molar refractivity (Wildman–Crippen MR) is 109 cm³/mol. The Morgan fingerprint density at radius 1 is 1.33 bits per heavy atom. The molecule has 1 aromatic heterocycles. The highest BCUT2D eigenvalue weighted by molar-refractivity contribution is 5.97. The molecule has 4 N–H and O–H groups in total. The number of alkyl halides is 2. The SMILES string of the molecule is CCC1(N[C@H]2C[C@H](NC(=O)c3cnc4cc(OC(F)F)c(F)cc4c3)C2)NC=C(C(=O)O)O1. The van der Waals surface area contributed by atoms with Gasteiger partial charge in [0.25, 0.3) is 5.91 Å². The molecule has 4 rings (SSSR count). The van der Waals surface area contributed by atoms with Crippen molar-refractivity contribution >= 4 is 22.8 Å². The number of aromatic nitrogens is 1. The zero-order valence-corrected chi connectivity index (χ0v) is 17.4. The van der Waals surface area contributed by atoms with E-state index in [2.05, 4.69) is 25.7 Å². The number of carbonyl (C=O) groups excluding carboxylic acids is 1. The number of hydrogen-bond acceptors (Lipinski definition) is 7. The van der Waals surface area contributed by atoms with Crippen molar-refractivity contribution in [2.75, 3.05) is 0 Å². The van der Waals surface area contributed by atoms with Gasteiger partial charge in [0.15, 0.2) is 11.6 Å². The maximum absolute atomic E-state index is 14.0. The monoisotopic (exact) mass is 466 g/mol. The topological polar surface area (TPSA) is 122 Å². The van der Waals surface area contributed by atoms with Gasteiger partial charge in [0.1, 0.15) is 0 Å². The highest BCUT2D eigenvalue weighted by Gasteiger charge is 2.42. The van der Waals surface area contributed by atoms with Gasteiger partial charge in [-0.3, -0.25) is 15.1 Å². The van der Waals surface area contributed by atoms with E-state index in [1.165, 1.54) is 18.5 Å². The fourth-order valence-corrected chi connectivity index (χ4v) is 3.77. The molecule has 0 saturated heterocycles. The number of aliphatic carboxylic acids is 1. The van der Waals surface area contributed by atoms with Crippen LogP contribution in [0.5, 0.6) is 5.75 Å². The number of ether oxygens (including phenoxy) is 2. The van der Waals surface area contributed by atoms with Crippen LogP contribution < -0.4 is 20.7 Å². The first-order valence-electron chi connectivity index (χ1n) is 10.2. The smallest absolute Gasteiger partial charge is 0.387 e. The maximum Gasteiger partial charge on any atom is 0.387 e. The standard InChI is InChI=1S/C21H21F3N4O5/c1-2-21(26-9-17(33-21)19(30)31)28-13-5-12(6-13)27-18(29)11-3-10-4-14(22)16(32-20(23)24)7-15(10)25-8-11/h3-4,7-9,12-13,20,26,28H,2,5-6H2,1H3,(H,27,29)(H,30,31)/t12-,13-,21?. The Balaban J connectivity index is 1.33. The van der Waals surface area contributed by atoms with Crippen LogP contribution in [0.25, 0.3) is 10.9 Å². The number of amides is 1. The van der Waals surface area contributed by atoms with E-state index in [1.807, 2.05) is 6.92 Å². The Labute approximate surface area is 186 Å². The zero-order chi connectivity index (χ0) is 23.8. The third-order valence-electron chi connectivity index (χ3n) is 5.55. The molecule has 1 unspecified atom stereocenters. The van der Waals surface area contributed by atoms with Gasteiger partial charge >= 0.3 is 12.6 Å². The second kappa shape index (κ2) is 8.77. The molecule has 1 aromatic carbocycles. The maximum atomic E-state index is 14.0. The Morgan fingerprint density at radius 2 is 2.09 bits per heavy atom. The highest BCUT2D eigenvalue weighted by atomic mass is 19.3. The number of pyridine rings is 1. The number of carboxylic acid groups (broad SMARTS) is 1. The lowest BCUT2D eigenvalue weighted by molar-refractivity contribution is -0.141. The van der Waals surface area contributed by atoms with Crippen molar-refractivity contribution in [2.45, 2.75) is 50.7 Å². The molecular formula is C21H21F3N4O5. The summed E-state index contributed by atoms with van der Waals surface area (Å²) in [6.07, 6.45) is 4.22. The van der Waals surface area contributed by atoms with Crippen LogP contribution in [0.4, 0.5) is 13.2 Å². The number of carboxylic acids is 1. The molecule has 2 heterocycles. The average molecular weight is 466 g/mol. The Bertz CT molecular complexity index is 1120. The first kappa shape index (κ1) is 22.6. The second-order valence-corrected chi connectivity index (χ2v) is 7.80. The number of carbonyl (C=O) groups is 2. The van der Waals surface area contributed by atoms with E-state index in [9.17, 15) is 22.8 Å². The first-order chi connectivity index (χ1) is 15.7. The molecule has 2 aromatic rings. The number of hydrogen-bond donors (Lipinski definition) is 4. The molecule has 1 amide bonds. The van der Waals surface area contributed by atoms with Crippen molar-refractivity contribution in [3.63, 3.8) is 0 Å². The van der Waals surface area contributed by atoms with Crippen molar-refractivity contribution in [1.82, 2.24) is 20.9 Å². The molecule has 1 saturated carbocycles. The van der Waals surface area contributed by atoms with E-state index in [1.54, 1.807) is 0 Å². The van der Waals surface area contributed by atoms with E-state index in [-0.39, 0.29) is 34.3 Å². The van der Waals surface area contributed by atoms with Gasteiger partial charge in [-0.25, -0.2) is 9.18 Å². The van der Waals surface area contributed by atoms with Crippen LogP contribution in [-0.4, -0.2) is 46.5 Å². The van der Waals surface area contributed by atoms with Gasteiger partial charge in [-0.2, -0.15) is 8.78 Å². The Kier molecular flexibility index (Phi) is 6.02. The minimum atomic E-state index is -3.17. The summed E-state index contributed by atoms with van der Waals surface area (Å²) in [5.41, 5.74) is 0.404. The lowest BCUT2D eigenvalue weighted by Crippen LogP contribution is -2.63. The molecule has 2 aliphatic rings. The highest BCUT2D eigenvalue weighted by Crippen LogP contribution is 2.28. The molecule has 9 nitrogen and oxygen atoms in total. The fraction of sp³-hybridized carbons (Fsp3) is 0.381. The summed E-state index contributed by atoms with van der Waals surface area (Å²) in [5.74, 6) is -4.36. The summed E-state index contributed by atoms with van der Waals surface area (Å²) in [5, 5.41) is 18.3. The van der Waals surface area contributed by atoms with E-state index in [4.69, 9.17) is 9.84 Å². The van der Waals surface area contributed by atoms with E-state index in [0.29, 0.717) is 19.3 Å². The molecule has 0 bridgehead atoms. The Morgan fingerprint density at radius 3 is 2.73 bits per heavy atom. The molecule has 1 atom stereocenters. The quantitative estimate of drug-likeness (QED) is 0.468. The molecule has 1 fully saturated rings. The van der Waals surface area contributed by atoms with Gasteiger partial charge < -0.3 is 25.2 Å². The zero-order valence-electron chi connectivity index (χ0n) is 17.4. The van der Waals surface area contributed by atoms with Crippen LogP contribution in [0.1, 0.15) is 36.5 Å². The van der Waals surface area contributed by atoms with Crippen molar-refractivity contribution in [2.24, 2.45) is 0 Å². The molecule has 0 spiro atoms. The van der Waals surface area contributed by atoms with Crippen LogP contribution in [-0.2, 0) is 9.53 Å². The largest absolute Gasteiger partial charge is 0.475 e. The van der Waals surface area contributed by atoms with E-state index < -0.39 is 35.9 Å². The van der Waals surface area contributed by atoms with Crippen molar-refractivity contribution in [3.05, 3.63) is 47.7 Å². The lowest BCUT2D eigenvalue weighted by Gasteiger charge is -2.42. The molecule has 12 heteroatoms. The summed E-state index contributed by atoms with van der Waals surface area (Å²) in [7, 11) is 0. The van der Waals surface area contributed by atoms with Gasteiger partial charge in [0.2, 0.25) is 11.6 Å². The molecular weight excluding hydrogens is 445 g/mol. The van der Waals surface area contributed by atoms with Crippen LogP contribution >= 0.6 is 0 Å². The van der Waals surface area contributed by atoms with Gasteiger partial charge in [-0.05, 0) is 25.0 Å². The Hall–Kier alpha value is -3.54. The van der Waals surface area contributed by atoms with Crippen molar-refractivity contribution < 1.29 is 37.3 Å². The normalized spacial score (nSPS) is 24.0. The third kappa shape index (κ3) is 4.80. The van der Waals surface area contributed by atoms with E-state index in [0.717, 1.165) is 12.1 Å². The number of nitrogens with zero attached hydrogens (tertiary/aromatic N) is 1. The predicted octanol–water partition coefficient (Wildman–Crippen LogP) is 2.44. The first-order valence-corrected chi connectivity index (χ1v) is 10.2. The summed E-state index contributed by atoms with van der Waals surface area (Å²) in [6.45, 7) is -1.32. The number of benzene rings is 1. The molecule has 33 heavy (non-hydrogen) atoms. The molecule has 176 valence electrons. The van der Waals surface area contributed by atoms with Crippen LogP contribution in [0.15, 0.2) is 36.4 Å². The average Bonchev–Trinajstić information content (AvgIpc) is 3.17. The summed E-state index contributed by atoms with van der Waals surface area (Å²) in [6, 6.07) is 3.31. The molecule has 0 radical (unpaired) electrons.